The van der Waals surface area contributed by atoms with Gasteiger partial charge in [-0.2, -0.15) is 0 Å². The van der Waals surface area contributed by atoms with Crippen molar-refractivity contribution in [1.29, 1.82) is 0 Å². The second-order valence-corrected chi connectivity index (χ2v) is 4.43. The Labute approximate surface area is 106 Å². The van der Waals surface area contributed by atoms with Gasteiger partial charge in [-0.1, -0.05) is 15.9 Å². The summed E-state index contributed by atoms with van der Waals surface area (Å²) in [5.74, 6) is -0.868. The molecule has 1 aromatic heterocycles. The van der Waals surface area contributed by atoms with E-state index in [1.807, 2.05) is 6.07 Å². The number of alkyl halides is 1. The van der Waals surface area contributed by atoms with Crippen molar-refractivity contribution in [2.24, 2.45) is 0 Å². The summed E-state index contributed by atoms with van der Waals surface area (Å²) in [6.45, 7) is 1.82. The van der Waals surface area contributed by atoms with E-state index in [9.17, 15) is 9.18 Å². The number of hydrogen-bond donors (Lipinski definition) is 0. The number of carbonyl (C=O) groups excluding carboxylic acids is 1. The van der Waals surface area contributed by atoms with Crippen LogP contribution in [0, 0.1) is 0 Å². The lowest BCUT2D eigenvalue weighted by atomic mass is 10.2. The number of rotatable bonds is 3. The summed E-state index contributed by atoms with van der Waals surface area (Å²) in [6, 6.07) is 7.18. The Kier molecular flexibility index (Phi) is 3.47. The number of esters is 1. The monoisotopic (exact) mass is 299 g/mol. The zero-order valence-electron chi connectivity index (χ0n) is 9.19. The number of fused-ring (bicyclic) bond motifs is 1. The third kappa shape index (κ3) is 2.34. The Morgan fingerprint density at radius 3 is 3.00 bits per heavy atom. The standard InChI is InChI=1S/C12H11BrFNO2/c1-2-17-12(16)11(14)15-6-5-8-7-9(13)3-4-10(8)15/h3-7,11H,2H2,1H3. The molecule has 0 aliphatic carbocycles. The fraction of sp³-hybridized carbons (Fsp3) is 0.250. The van der Waals surface area contributed by atoms with E-state index >= 15 is 0 Å². The van der Waals surface area contributed by atoms with E-state index in [1.54, 1.807) is 31.3 Å². The average molecular weight is 300 g/mol. The van der Waals surface area contributed by atoms with Crippen LogP contribution in [0.5, 0.6) is 0 Å². The number of nitrogens with zero attached hydrogens (tertiary/aromatic N) is 1. The number of aromatic nitrogens is 1. The van der Waals surface area contributed by atoms with E-state index in [1.165, 1.54) is 4.57 Å². The molecule has 0 bridgehead atoms. The van der Waals surface area contributed by atoms with Gasteiger partial charge in [0.2, 0.25) is 0 Å². The minimum absolute atomic E-state index is 0.171. The SMILES string of the molecule is CCOC(=O)C(F)n1ccc2cc(Br)ccc21. The smallest absolute Gasteiger partial charge is 0.362 e. The van der Waals surface area contributed by atoms with Gasteiger partial charge >= 0.3 is 5.97 Å². The highest BCUT2D eigenvalue weighted by Crippen LogP contribution is 2.24. The molecule has 0 aliphatic rings. The lowest BCUT2D eigenvalue weighted by Crippen LogP contribution is -2.17. The minimum Gasteiger partial charge on any atom is -0.462 e. The minimum atomic E-state index is -1.80. The molecule has 1 atom stereocenters. The van der Waals surface area contributed by atoms with Crippen molar-refractivity contribution in [3.63, 3.8) is 0 Å². The number of benzene rings is 1. The van der Waals surface area contributed by atoms with Gasteiger partial charge in [0.1, 0.15) is 0 Å². The molecule has 0 spiro atoms. The topological polar surface area (TPSA) is 31.2 Å². The summed E-state index contributed by atoms with van der Waals surface area (Å²) in [6.07, 6.45) is -0.257. The summed E-state index contributed by atoms with van der Waals surface area (Å²) in [5, 5.41) is 0.867. The Bertz CT molecular complexity index is 552. The number of carbonyl (C=O) groups is 1. The largest absolute Gasteiger partial charge is 0.462 e. The summed E-state index contributed by atoms with van der Waals surface area (Å²) in [7, 11) is 0. The summed E-state index contributed by atoms with van der Waals surface area (Å²) >= 11 is 3.34. The Morgan fingerprint density at radius 2 is 2.29 bits per heavy atom. The highest BCUT2D eigenvalue weighted by molar-refractivity contribution is 9.10. The molecule has 0 N–H and O–H groups in total. The maximum absolute atomic E-state index is 13.9. The third-order valence-electron chi connectivity index (χ3n) is 2.41. The molecular formula is C12H11BrFNO2. The van der Waals surface area contributed by atoms with Crippen LogP contribution >= 0.6 is 15.9 Å². The van der Waals surface area contributed by atoms with Crippen LogP contribution in [-0.4, -0.2) is 17.1 Å². The molecule has 2 rings (SSSR count). The van der Waals surface area contributed by atoms with Crippen LogP contribution < -0.4 is 0 Å². The average Bonchev–Trinajstić information content (AvgIpc) is 2.71. The fourth-order valence-electron chi connectivity index (χ4n) is 1.66. The van der Waals surface area contributed by atoms with Gasteiger partial charge in [0, 0.05) is 16.1 Å². The van der Waals surface area contributed by atoms with Crippen molar-refractivity contribution in [3.05, 3.63) is 34.9 Å². The molecule has 0 saturated carbocycles. The first-order chi connectivity index (χ1) is 8.13. The molecule has 1 aromatic carbocycles. The number of ether oxygens (including phenoxy) is 1. The van der Waals surface area contributed by atoms with Crippen molar-refractivity contribution >= 4 is 32.8 Å². The van der Waals surface area contributed by atoms with Crippen molar-refractivity contribution in [2.75, 3.05) is 6.61 Å². The summed E-state index contributed by atoms with van der Waals surface area (Å²) in [4.78, 5) is 11.3. The summed E-state index contributed by atoms with van der Waals surface area (Å²) < 4.78 is 20.7. The van der Waals surface area contributed by atoms with Crippen molar-refractivity contribution < 1.29 is 13.9 Å². The molecule has 0 aliphatic heterocycles. The van der Waals surface area contributed by atoms with Gasteiger partial charge < -0.3 is 9.30 Å². The van der Waals surface area contributed by atoms with E-state index in [0.29, 0.717) is 5.52 Å². The lowest BCUT2D eigenvalue weighted by Gasteiger charge is -2.10. The van der Waals surface area contributed by atoms with Crippen LogP contribution in [0.2, 0.25) is 0 Å². The molecule has 0 fully saturated rings. The number of hydrogen-bond acceptors (Lipinski definition) is 2. The van der Waals surface area contributed by atoms with E-state index in [-0.39, 0.29) is 6.61 Å². The highest BCUT2D eigenvalue weighted by atomic mass is 79.9. The summed E-state index contributed by atoms with van der Waals surface area (Å²) in [5.41, 5.74) is 0.661. The molecule has 17 heavy (non-hydrogen) atoms. The molecule has 0 amide bonds. The fourth-order valence-corrected chi connectivity index (χ4v) is 2.04. The van der Waals surface area contributed by atoms with E-state index < -0.39 is 12.3 Å². The first-order valence-corrected chi connectivity index (χ1v) is 5.99. The van der Waals surface area contributed by atoms with Crippen molar-refractivity contribution in [2.45, 2.75) is 13.2 Å². The first kappa shape index (κ1) is 12.1. The molecule has 3 nitrogen and oxygen atoms in total. The Hall–Kier alpha value is -1.36. The first-order valence-electron chi connectivity index (χ1n) is 5.20. The van der Waals surface area contributed by atoms with Gasteiger partial charge in [0.15, 0.2) is 0 Å². The Balaban J connectivity index is 2.39. The van der Waals surface area contributed by atoms with Crippen LogP contribution in [0.25, 0.3) is 10.9 Å². The van der Waals surface area contributed by atoms with Crippen molar-refractivity contribution in [1.82, 2.24) is 4.57 Å². The van der Waals surface area contributed by atoms with Gasteiger partial charge in [-0.3, -0.25) is 0 Å². The quantitative estimate of drug-likeness (QED) is 0.813. The molecule has 90 valence electrons. The second kappa shape index (κ2) is 4.87. The normalized spacial score (nSPS) is 12.6. The molecule has 5 heteroatoms. The van der Waals surface area contributed by atoms with E-state index in [4.69, 9.17) is 0 Å². The van der Waals surface area contributed by atoms with Crippen LogP contribution in [-0.2, 0) is 9.53 Å². The third-order valence-corrected chi connectivity index (χ3v) is 2.90. The van der Waals surface area contributed by atoms with E-state index in [2.05, 4.69) is 20.7 Å². The Morgan fingerprint density at radius 1 is 1.53 bits per heavy atom. The number of halogens is 2. The van der Waals surface area contributed by atoms with Crippen LogP contribution in [0.3, 0.4) is 0 Å². The van der Waals surface area contributed by atoms with Crippen LogP contribution in [0.15, 0.2) is 34.9 Å². The van der Waals surface area contributed by atoms with Gasteiger partial charge in [-0.05, 0) is 31.2 Å². The van der Waals surface area contributed by atoms with Gasteiger partial charge in [0.05, 0.1) is 12.1 Å². The maximum atomic E-state index is 13.9. The molecule has 1 unspecified atom stereocenters. The van der Waals surface area contributed by atoms with Crippen LogP contribution in [0.1, 0.15) is 13.2 Å². The molecule has 0 saturated heterocycles. The van der Waals surface area contributed by atoms with Crippen LogP contribution in [0.4, 0.5) is 4.39 Å². The molecule has 2 aromatic rings. The molecule has 1 heterocycles. The van der Waals surface area contributed by atoms with Gasteiger partial charge in [-0.15, -0.1) is 0 Å². The maximum Gasteiger partial charge on any atom is 0.362 e. The van der Waals surface area contributed by atoms with Gasteiger partial charge in [-0.25, -0.2) is 9.18 Å². The predicted molar refractivity (Wildman–Crippen MR) is 66.4 cm³/mol. The zero-order valence-corrected chi connectivity index (χ0v) is 10.8. The lowest BCUT2D eigenvalue weighted by molar-refractivity contribution is -0.152. The molecule has 0 radical (unpaired) electrons. The molecular weight excluding hydrogens is 289 g/mol. The zero-order chi connectivity index (χ0) is 12.4. The predicted octanol–water partition coefficient (Wildman–Crippen LogP) is 3.44. The van der Waals surface area contributed by atoms with Gasteiger partial charge in [0.25, 0.3) is 6.30 Å². The highest BCUT2D eigenvalue weighted by Gasteiger charge is 2.21. The second-order valence-electron chi connectivity index (χ2n) is 3.51. The van der Waals surface area contributed by atoms with E-state index in [0.717, 1.165) is 9.86 Å². The van der Waals surface area contributed by atoms with Crippen molar-refractivity contribution in [3.8, 4) is 0 Å².